The predicted molar refractivity (Wildman–Crippen MR) is 464 cm³/mol. The van der Waals surface area contributed by atoms with Crippen LogP contribution in [-0.2, 0) is 16.2 Å². The van der Waals surface area contributed by atoms with Crippen molar-refractivity contribution in [3.8, 4) is 55.9 Å². The summed E-state index contributed by atoms with van der Waals surface area (Å²) >= 11 is 0. The van der Waals surface area contributed by atoms with Gasteiger partial charge in [0.05, 0.1) is 22.1 Å². The summed E-state index contributed by atoms with van der Waals surface area (Å²) in [5, 5.41) is 9.59. The Labute approximate surface area is 644 Å². The maximum absolute atomic E-state index is 6.31. The summed E-state index contributed by atoms with van der Waals surface area (Å²) in [7, 11) is 0. The lowest BCUT2D eigenvalue weighted by atomic mass is 9.82. The molecule has 0 spiro atoms. The molecule has 0 unspecified atom stereocenters. The van der Waals surface area contributed by atoms with E-state index >= 15 is 0 Å². The normalized spacial score (nSPS) is 13.9. The summed E-state index contributed by atoms with van der Waals surface area (Å²) in [4.78, 5) is 4.83. The number of hydrogen-bond acceptors (Lipinski definition) is 4. The van der Waals surface area contributed by atoms with Crippen molar-refractivity contribution in [2.24, 2.45) is 0 Å². The molecule has 0 bridgehead atoms. The quantitative estimate of drug-likeness (QED) is 0.144. The lowest BCUT2D eigenvalue weighted by molar-refractivity contribution is 0.659. The Morgan fingerprint density at radius 3 is 0.919 bits per heavy atom. The third-order valence-corrected chi connectivity index (χ3v) is 24.8. The molecule has 0 amide bonds. The van der Waals surface area contributed by atoms with Gasteiger partial charge < -0.3 is 27.8 Å². The molecule has 0 aliphatic heterocycles. The zero-order valence-electron chi connectivity index (χ0n) is 62.6. The first kappa shape index (κ1) is 64.5. The van der Waals surface area contributed by atoms with Crippen molar-refractivity contribution in [3.63, 3.8) is 0 Å². The Balaban J connectivity index is 0.000000137. The summed E-state index contributed by atoms with van der Waals surface area (Å²) in [6, 6.07) is 129. The minimum atomic E-state index is -0.229. The minimum Gasteiger partial charge on any atom is -0.456 e. The summed E-state index contributed by atoms with van der Waals surface area (Å²) in [6.45, 7) is 14.2. The third-order valence-electron chi connectivity index (χ3n) is 24.8. The molecule has 20 aromatic rings. The van der Waals surface area contributed by atoms with Crippen LogP contribution in [-0.4, -0.2) is 9.13 Å². The third kappa shape index (κ3) is 9.76. The van der Waals surface area contributed by atoms with Gasteiger partial charge in [0.1, 0.15) is 22.3 Å². The summed E-state index contributed by atoms with van der Waals surface area (Å²) < 4.78 is 17.3. The standard InChI is InChI=1S/C54H40N2O.C51H36N2O/c1-53(2)45-17-9-5-13-37(45)38-25-21-34(30-46(38)53)55(33-24-28-52-44(29-33)43-16-8-12-20-51(43)57-52)35-22-26-39-40-27-23-36(32-48(40)54(3,4)47(39)31-35)56-49-18-10-6-14-41(49)42-15-7-11-19-50(42)56;1-51(2)45-15-7-3-11-39(45)40-29-27-38(32-46(40)51)52(37-28-30-50-44(31-37)43-14-6-10-18-49(43)54-50)35-23-19-33(20-24-35)34-21-25-36(26-22-34)53-47-16-8-4-12-41(47)42-13-5-9-17-48(42)53/h5-32H,1-4H3;3-32H,1-2H3. The molecule has 0 saturated carbocycles. The number of hydrogen-bond donors (Lipinski definition) is 0. The van der Waals surface area contributed by atoms with Crippen LogP contribution in [0.3, 0.4) is 0 Å². The fourth-order valence-electron chi connectivity index (χ4n) is 19.3. The lowest BCUT2D eigenvalue weighted by Crippen LogP contribution is -2.18. The Morgan fingerprint density at radius 1 is 0.207 bits per heavy atom. The van der Waals surface area contributed by atoms with E-state index < -0.39 is 0 Å². The van der Waals surface area contributed by atoms with Gasteiger partial charge in [-0.15, -0.1) is 0 Å². The van der Waals surface area contributed by atoms with Crippen molar-refractivity contribution >= 4 is 122 Å². The van der Waals surface area contributed by atoms with Crippen molar-refractivity contribution < 1.29 is 8.83 Å². The number of nitrogens with zero attached hydrogens (tertiary/aromatic N) is 4. The van der Waals surface area contributed by atoms with E-state index in [0.717, 1.165) is 83.7 Å². The van der Waals surface area contributed by atoms with E-state index in [1.807, 2.05) is 18.2 Å². The minimum absolute atomic E-state index is 0.104. The van der Waals surface area contributed by atoms with E-state index in [2.05, 4.69) is 394 Å². The highest BCUT2D eigenvalue weighted by atomic mass is 16.3. The fourth-order valence-corrected chi connectivity index (χ4v) is 19.3. The Bertz CT molecular complexity index is 7150. The van der Waals surface area contributed by atoms with Gasteiger partial charge in [0.15, 0.2) is 0 Å². The zero-order chi connectivity index (χ0) is 74.2. The topological polar surface area (TPSA) is 42.6 Å². The molecule has 0 saturated heterocycles. The predicted octanol–water partition coefficient (Wildman–Crippen LogP) is 28.9. The molecule has 16 aromatic carbocycles. The molecule has 528 valence electrons. The average Bonchev–Trinajstić information content (AvgIpc) is 2.54. The van der Waals surface area contributed by atoms with Crippen LogP contribution in [0.25, 0.3) is 143 Å². The highest BCUT2D eigenvalue weighted by molar-refractivity contribution is 6.12. The van der Waals surface area contributed by atoms with Crippen LogP contribution in [0, 0.1) is 0 Å². The van der Waals surface area contributed by atoms with Crippen LogP contribution >= 0.6 is 0 Å². The second-order valence-corrected chi connectivity index (χ2v) is 31.9. The molecular formula is C105H76N4O2. The molecular weight excluding hydrogens is 1350 g/mol. The van der Waals surface area contributed by atoms with Gasteiger partial charge in [-0.2, -0.15) is 0 Å². The molecule has 0 N–H and O–H groups in total. The number of furan rings is 2. The van der Waals surface area contributed by atoms with Crippen LogP contribution in [0.2, 0.25) is 0 Å². The molecule has 4 aromatic heterocycles. The molecule has 0 atom stereocenters. The van der Waals surface area contributed by atoms with E-state index in [4.69, 9.17) is 8.83 Å². The highest BCUT2D eigenvalue weighted by Crippen LogP contribution is 2.56. The van der Waals surface area contributed by atoms with Crippen molar-refractivity contribution in [2.45, 2.75) is 57.8 Å². The summed E-state index contributed by atoms with van der Waals surface area (Å²) in [5.74, 6) is 0. The van der Waals surface area contributed by atoms with Gasteiger partial charge >= 0.3 is 0 Å². The Morgan fingerprint density at radius 2 is 0.486 bits per heavy atom. The summed E-state index contributed by atoms with van der Waals surface area (Å²) in [6.07, 6.45) is 0. The lowest BCUT2D eigenvalue weighted by Gasteiger charge is -2.30. The highest BCUT2D eigenvalue weighted by Gasteiger charge is 2.40. The van der Waals surface area contributed by atoms with Crippen molar-refractivity contribution in [1.29, 1.82) is 0 Å². The molecule has 6 nitrogen and oxygen atoms in total. The largest absolute Gasteiger partial charge is 0.456 e. The average molecular weight is 1430 g/mol. The Kier molecular flexibility index (Phi) is 14.0. The maximum atomic E-state index is 6.31. The number of fused-ring (bicyclic) bond motifs is 21. The molecule has 111 heavy (non-hydrogen) atoms. The van der Waals surface area contributed by atoms with Crippen LogP contribution in [0.4, 0.5) is 34.1 Å². The molecule has 3 aliphatic rings. The monoisotopic (exact) mass is 1420 g/mol. The first-order valence-electron chi connectivity index (χ1n) is 38.7. The van der Waals surface area contributed by atoms with Crippen LogP contribution in [0.15, 0.2) is 361 Å². The molecule has 0 fully saturated rings. The van der Waals surface area contributed by atoms with Gasteiger partial charge in [-0.3, -0.25) is 0 Å². The van der Waals surface area contributed by atoms with Crippen molar-refractivity contribution in [2.75, 3.05) is 9.80 Å². The SMILES string of the molecule is CC1(C)c2ccccc2-c2ccc(N(c3ccc(-c4ccc(-n5c6ccccc6c6ccccc65)cc4)cc3)c3ccc4oc5ccccc5c4c3)cc21.CC1(C)c2ccccc2-c2ccc(N(c3ccc4c(c3)C(C)(C)c3cc(-n5c6ccccc6c6ccccc65)ccc3-4)c3ccc4oc5ccccc5c4c3)cc21. The van der Waals surface area contributed by atoms with E-state index in [1.54, 1.807) is 0 Å². The van der Waals surface area contributed by atoms with Crippen LogP contribution < -0.4 is 9.80 Å². The molecule has 0 radical (unpaired) electrons. The number of anilines is 6. The second kappa shape index (κ2) is 24.2. The molecule has 3 aliphatic carbocycles. The molecule has 4 heterocycles. The second-order valence-electron chi connectivity index (χ2n) is 31.9. The van der Waals surface area contributed by atoms with E-state index in [-0.39, 0.29) is 16.2 Å². The number of rotatable bonds is 9. The number of para-hydroxylation sites is 6. The summed E-state index contributed by atoms with van der Waals surface area (Å²) in [5.41, 5.74) is 35.5. The van der Waals surface area contributed by atoms with Gasteiger partial charge in [-0.05, 0) is 223 Å². The van der Waals surface area contributed by atoms with E-state index in [0.29, 0.717) is 0 Å². The van der Waals surface area contributed by atoms with E-state index in [9.17, 15) is 0 Å². The first-order valence-corrected chi connectivity index (χ1v) is 38.7. The van der Waals surface area contributed by atoms with Gasteiger partial charge in [0.2, 0.25) is 0 Å². The van der Waals surface area contributed by atoms with Gasteiger partial charge in [-0.25, -0.2) is 0 Å². The van der Waals surface area contributed by atoms with Crippen LogP contribution in [0.5, 0.6) is 0 Å². The fraction of sp³-hybridized carbons (Fsp3) is 0.0857. The number of aromatic nitrogens is 2. The zero-order valence-corrected chi connectivity index (χ0v) is 62.6. The molecule has 6 heteroatoms. The van der Waals surface area contributed by atoms with Crippen LogP contribution in [0.1, 0.15) is 74.9 Å². The Hall–Kier alpha value is -13.7. The maximum Gasteiger partial charge on any atom is 0.135 e. The van der Waals surface area contributed by atoms with Crippen molar-refractivity contribution in [3.05, 3.63) is 385 Å². The van der Waals surface area contributed by atoms with Crippen molar-refractivity contribution in [1.82, 2.24) is 9.13 Å². The first-order chi connectivity index (χ1) is 54.3. The van der Waals surface area contributed by atoms with Gasteiger partial charge in [0, 0.05) is 105 Å². The van der Waals surface area contributed by atoms with Gasteiger partial charge in [-0.1, -0.05) is 248 Å². The van der Waals surface area contributed by atoms with E-state index in [1.165, 1.54) is 127 Å². The molecule has 23 rings (SSSR count). The number of benzene rings is 16. The smallest absolute Gasteiger partial charge is 0.135 e. The van der Waals surface area contributed by atoms with Gasteiger partial charge in [0.25, 0.3) is 0 Å².